The highest BCUT2D eigenvalue weighted by atomic mass is 16.5. The summed E-state index contributed by atoms with van der Waals surface area (Å²) in [7, 11) is 0. The second kappa shape index (κ2) is 11.8. The lowest BCUT2D eigenvalue weighted by atomic mass is 10.0. The van der Waals surface area contributed by atoms with E-state index in [4.69, 9.17) is 4.74 Å². The number of carboxylic acids is 1. The lowest BCUT2D eigenvalue weighted by Crippen LogP contribution is -2.55. The van der Waals surface area contributed by atoms with Crippen molar-refractivity contribution in [3.63, 3.8) is 0 Å². The Morgan fingerprint density at radius 2 is 1.86 bits per heavy atom. The van der Waals surface area contributed by atoms with Crippen LogP contribution < -0.4 is 15.4 Å². The van der Waals surface area contributed by atoms with Crippen LogP contribution in [0.2, 0.25) is 0 Å². The van der Waals surface area contributed by atoms with Gasteiger partial charge in [-0.05, 0) is 56.0 Å². The van der Waals surface area contributed by atoms with Crippen molar-refractivity contribution < 1.29 is 24.2 Å². The molecule has 1 aliphatic carbocycles. The van der Waals surface area contributed by atoms with Crippen LogP contribution in [0.15, 0.2) is 79.0 Å². The summed E-state index contributed by atoms with van der Waals surface area (Å²) in [5.74, 6) is -1.33. The van der Waals surface area contributed by atoms with E-state index in [-0.39, 0.29) is 24.8 Å². The Bertz CT molecular complexity index is 1490. The first kappa shape index (κ1) is 27.8. The molecule has 3 N–H and O–H groups in total. The zero-order valence-corrected chi connectivity index (χ0v) is 23.4. The molecule has 0 radical (unpaired) electrons. The number of rotatable bonds is 5. The monoisotopic (exact) mass is 568 g/mol. The van der Waals surface area contributed by atoms with Crippen molar-refractivity contribution in [2.75, 3.05) is 11.9 Å². The molecule has 0 unspecified atom stereocenters. The molecule has 9 nitrogen and oxygen atoms in total. The fourth-order valence-electron chi connectivity index (χ4n) is 6.23. The highest BCUT2D eigenvalue weighted by Crippen LogP contribution is 2.45. The maximum atomic E-state index is 14.2. The lowest BCUT2D eigenvalue weighted by Gasteiger charge is -2.30. The van der Waals surface area contributed by atoms with Gasteiger partial charge in [-0.1, -0.05) is 55.3 Å². The minimum absolute atomic E-state index is 0.186. The van der Waals surface area contributed by atoms with Crippen molar-refractivity contribution in [1.29, 1.82) is 0 Å². The molecule has 2 fully saturated rings. The molecule has 0 bridgehead atoms. The molecule has 2 aliphatic heterocycles. The molecule has 2 aromatic carbocycles. The number of nitrogens with one attached hydrogen (secondary N) is 2. The van der Waals surface area contributed by atoms with Gasteiger partial charge in [-0.15, -0.1) is 0 Å². The molecule has 3 heterocycles. The molecule has 3 aromatic rings. The minimum Gasteiger partial charge on any atom is -0.488 e. The first-order valence-corrected chi connectivity index (χ1v) is 14.8. The number of carboxylic acid groups (broad SMARTS) is 1. The molecule has 2 amide bonds. The Morgan fingerprint density at radius 3 is 2.69 bits per heavy atom. The van der Waals surface area contributed by atoms with Crippen LogP contribution in [0.1, 0.15) is 44.9 Å². The number of anilines is 1. The second-order valence-electron chi connectivity index (χ2n) is 11.5. The summed E-state index contributed by atoms with van der Waals surface area (Å²) in [6.45, 7) is 0.212. The summed E-state index contributed by atoms with van der Waals surface area (Å²) in [6, 6.07) is 17.7. The van der Waals surface area contributed by atoms with Crippen LogP contribution in [-0.2, 0) is 14.4 Å². The van der Waals surface area contributed by atoms with E-state index in [0.717, 1.165) is 42.3 Å². The third-order valence-electron chi connectivity index (χ3n) is 8.64. The number of para-hydroxylation sites is 2. The van der Waals surface area contributed by atoms with Crippen LogP contribution in [0, 0.1) is 5.92 Å². The number of aliphatic carboxylic acids is 1. The van der Waals surface area contributed by atoms with Crippen LogP contribution in [0.4, 0.5) is 5.69 Å². The Kier molecular flexibility index (Phi) is 7.82. The van der Waals surface area contributed by atoms with Gasteiger partial charge in [0.15, 0.2) is 0 Å². The minimum atomic E-state index is -1.34. The highest BCUT2D eigenvalue weighted by Gasteiger charge is 2.61. The highest BCUT2D eigenvalue weighted by molar-refractivity contribution is 5.96. The van der Waals surface area contributed by atoms with E-state index >= 15 is 0 Å². The van der Waals surface area contributed by atoms with Gasteiger partial charge in [0, 0.05) is 29.6 Å². The molecular weight excluding hydrogens is 532 g/mol. The Balaban J connectivity index is 1.30. The first-order chi connectivity index (χ1) is 20.4. The number of nitrogens with zero attached hydrogens (tertiary/aromatic N) is 2. The molecular formula is C33H36N4O5. The van der Waals surface area contributed by atoms with Crippen molar-refractivity contribution in [2.24, 2.45) is 5.92 Å². The predicted octanol–water partition coefficient (Wildman–Crippen LogP) is 4.54. The zero-order valence-electron chi connectivity index (χ0n) is 23.4. The normalized spacial score (nSPS) is 28.9. The van der Waals surface area contributed by atoms with Crippen LogP contribution in [0.25, 0.3) is 10.9 Å². The molecule has 6 rings (SSSR count). The fraction of sp³-hybridized carbons (Fsp3) is 0.394. The van der Waals surface area contributed by atoms with Gasteiger partial charge in [0.1, 0.15) is 29.5 Å². The quantitative estimate of drug-likeness (QED) is 0.387. The molecule has 1 saturated heterocycles. The Labute approximate surface area is 245 Å². The van der Waals surface area contributed by atoms with Gasteiger partial charge in [0.05, 0.1) is 12.1 Å². The van der Waals surface area contributed by atoms with Crippen LogP contribution in [-0.4, -0.2) is 63.0 Å². The summed E-state index contributed by atoms with van der Waals surface area (Å²) in [5, 5.41) is 17.2. The van der Waals surface area contributed by atoms with Gasteiger partial charge in [-0.3, -0.25) is 14.6 Å². The number of fused-ring (bicyclic) bond motifs is 3. The summed E-state index contributed by atoms with van der Waals surface area (Å²) in [4.78, 5) is 46.4. The molecule has 1 saturated carbocycles. The summed E-state index contributed by atoms with van der Waals surface area (Å²) in [6.07, 6.45) is 9.96. The number of hydrogen-bond donors (Lipinski definition) is 3. The number of aromatic nitrogens is 1. The van der Waals surface area contributed by atoms with Gasteiger partial charge in [-0.2, -0.15) is 0 Å². The van der Waals surface area contributed by atoms with Gasteiger partial charge >= 0.3 is 5.97 Å². The van der Waals surface area contributed by atoms with Crippen molar-refractivity contribution in [1.82, 2.24) is 15.2 Å². The van der Waals surface area contributed by atoms with Gasteiger partial charge < -0.3 is 25.4 Å². The molecule has 9 heteroatoms. The SMILES string of the molecule is O=C1N[C@]2(C(=O)O)C[C@@H]2/C=C\CCCCC[C@H](Nc2ccccc2)C(=O)N2C[C@H](Oc3ccnc4ccccc34)C[C@@H]12. The van der Waals surface area contributed by atoms with Crippen LogP contribution >= 0.6 is 0 Å². The second-order valence-corrected chi connectivity index (χ2v) is 11.5. The molecule has 5 atom stereocenters. The topological polar surface area (TPSA) is 121 Å². The predicted molar refractivity (Wildman–Crippen MR) is 159 cm³/mol. The number of allylic oxidation sites excluding steroid dienone is 1. The number of amides is 2. The lowest BCUT2D eigenvalue weighted by molar-refractivity contribution is -0.145. The van der Waals surface area contributed by atoms with Crippen LogP contribution in [0.5, 0.6) is 5.75 Å². The Hall–Kier alpha value is -4.40. The number of carbonyl (C=O) groups is 3. The summed E-state index contributed by atoms with van der Waals surface area (Å²) < 4.78 is 6.43. The maximum Gasteiger partial charge on any atom is 0.330 e. The van der Waals surface area contributed by atoms with E-state index in [1.54, 1.807) is 17.2 Å². The molecule has 1 aromatic heterocycles. The summed E-state index contributed by atoms with van der Waals surface area (Å²) in [5.41, 5.74) is 0.281. The largest absolute Gasteiger partial charge is 0.488 e. The van der Waals surface area contributed by atoms with Crippen molar-refractivity contribution in [2.45, 2.75) is 68.7 Å². The van der Waals surface area contributed by atoms with Gasteiger partial charge in [0.25, 0.3) is 0 Å². The van der Waals surface area contributed by atoms with Crippen LogP contribution in [0.3, 0.4) is 0 Å². The van der Waals surface area contributed by atoms with Crippen molar-refractivity contribution in [3.05, 3.63) is 79.0 Å². The van der Waals surface area contributed by atoms with E-state index in [1.165, 1.54) is 0 Å². The maximum absolute atomic E-state index is 14.2. The van der Waals surface area contributed by atoms with E-state index in [2.05, 4.69) is 15.6 Å². The first-order valence-electron chi connectivity index (χ1n) is 14.8. The smallest absolute Gasteiger partial charge is 0.330 e. The average Bonchev–Trinajstić information content (AvgIpc) is 3.53. The van der Waals surface area contributed by atoms with E-state index in [0.29, 0.717) is 18.6 Å². The number of ether oxygens (including phenoxy) is 1. The molecule has 218 valence electrons. The molecule has 42 heavy (non-hydrogen) atoms. The number of benzene rings is 2. The molecule has 3 aliphatic rings. The average molecular weight is 569 g/mol. The number of carbonyl (C=O) groups excluding carboxylic acids is 2. The summed E-state index contributed by atoms with van der Waals surface area (Å²) >= 11 is 0. The molecule has 0 spiro atoms. The van der Waals surface area contributed by atoms with Gasteiger partial charge in [-0.25, -0.2) is 4.79 Å². The van der Waals surface area contributed by atoms with Crippen molar-refractivity contribution in [3.8, 4) is 5.75 Å². The van der Waals surface area contributed by atoms with E-state index in [1.807, 2.05) is 66.7 Å². The van der Waals surface area contributed by atoms with E-state index < -0.39 is 35.6 Å². The fourth-order valence-corrected chi connectivity index (χ4v) is 6.23. The number of hydrogen-bond acceptors (Lipinski definition) is 6. The third-order valence-corrected chi connectivity index (χ3v) is 8.64. The number of pyridine rings is 1. The zero-order chi connectivity index (χ0) is 29.1. The Morgan fingerprint density at radius 1 is 1.05 bits per heavy atom. The van der Waals surface area contributed by atoms with E-state index in [9.17, 15) is 19.5 Å². The van der Waals surface area contributed by atoms with Crippen molar-refractivity contribution >= 4 is 34.4 Å². The third kappa shape index (κ3) is 5.68. The van der Waals surface area contributed by atoms with Gasteiger partial charge in [0.2, 0.25) is 11.8 Å². The standard InChI is InChI=1S/C33H36N4O5/c38-30-28-19-24(42-29-17-18-34-26-15-10-9-14-25(26)29)21-37(28)31(39)27(35-23-12-6-4-7-13-23)16-8-3-1-2-5-11-22-20-33(22,36-30)32(40)41/h4-7,9-15,17-18,22,24,27-28,35H,1-3,8,16,19-21H2,(H,36,38)(H,40,41)/b11-5-/t22-,24+,27-,28-,33+/m0/s1.